The van der Waals surface area contributed by atoms with Crippen molar-refractivity contribution in [3.63, 3.8) is 0 Å². The van der Waals surface area contributed by atoms with E-state index < -0.39 is 0 Å². The Kier molecular flexibility index (Phi) is 5.36. The zero-order valence-corrected chi connectivity index (χ0v) is 12.8. The van der Waals surface area contributed by atoms with Gasteiger partial charge in [0, 0.05) is 19.4 Å². The highest BCUT2D eigenvalue weighted by Crippen LogP contribution is 2.19. The van der Waals surface area contributed by atoms with E-state index in [4.69, 9.17) is 0 Å². The molecule has 0 aliphatic heterocycles. The Morgan fingerprint density at radius 3 is 2.75 bits per heavy atom. The minimum absolute atomic E-state index is 0.328. The number of imidazole rings is 1. The van der Waals surface area contributed by atoms with Crippen molar-refractivity contribution < 1.29 is 0 Å². The number of hydrogen-bond acceptors (Lipinski definition) is 2. The van der Waals surface area contributed by atoms with Crippen LogP contribution < -0.4 is 5.32 Å². The largest absolute Gasteiger partial charge is 0.337 e. The van der Waals surface area contributed by atoms with Crippen molar-refractivity contribution in [3.8, 4) is 0 Å². The molecule has 0 bridgehead atoms. The second-order valence-electron chi connectivity index (χ2n) is 5.37. The van der Waals surface area contributed by atoms with E-state index in [2.05, 4.69) is 60.0 Å². The second kappa shape index (κ2) is 7.25. The summed E-state index contributed by atoms with van der Waals surface area (Å²) in [6.07, 6.45) is 7.20. The van der Waals surface area contributed by atoms with Crippen molar-refractivity contribution >= 4 is 0 Å². The number of aryl methyl sites for hydroxylation is 3. The van der Waals surface area contributed by atoms with Crippen LogP contribution in [0.1, 0.15) is 42.8 Å². The number of aromatic nitrogens is 2. The molecule has 1 aromatic heterocycles. The predicted octanol–water partition coefficient (Wildman–Crippen LogP) is 3.40. The van der Waals surface area contributed by atoms with Crippen LogP contribution >= 0.6 is 0 Å². The van der Waals surface area contributed by atoms with Crippen molar-refractivity contribution in [2.45, 2.75) is 39.2 Å². The lowest BCUT2D eigenvalue weighted by molar-refractivity contribution is 0.465. The van der Waals surface area contributed by atoms with Crippen molar-refractivity contribution in [2.75, 3.05) is 6.54 Å². The summed E-state index contributed by atoms with van der Waals surface area (Å²) in [5.74, 6) is 1.13. The van der Waals surface area contributed by atoms with Gasteiger partial charge in [-0.15, -0.1) is 0 Å². The summed E-state index contributed by atoms with van der Waals surface area (Å²) in [5.41, 5.74) is 2.81. The maximum absolute atomic E-state index is 4.50. The minimum Gasteiger partial charge on any atom is -0.337 e. The van der Waals surface area contributed by atoms with E-state index in [0.717, 1.165) is 31.6 Å². The first-order valence-electron chi connectivity index (χ1n) is 7.47. The average Bonchev–Trinajstić information content (AvgIpc) is 2.87. The normalized spacial score (nSPS) is 12.6. The summed E-state index contributed by atoms with van der Waals surface area (Å²) < 4.78 is 2.12. The molecular formula is C17H25N3. The van der Waals surface area contributed by atoms with Gasteiger partial charge in [-0.1, -0.05) is 31.2 Å². The lowest BCUT2D eigenvalue weighted by Gasteiger charge is -2.19. The van der Waals surface area contributed by atoms with Crippen LogP contribution in [-0.2, 0) is 13.5 Å². The zero-order valence-electron chi connectivity index (χ0n) is 12.8. The zero-order chi connectivity index (χ0) is 14.4. The summed E-state index contributed by atoms with van der Waals surface area (Å²) in [6.45, 7) is 5.42. The quantitative estimate of drug-likeness (QED) is 0.836. The van der Waals surface area contributed by atoms with Gasteiger partial charge in [0.05, 0.1) is 6.04 Å². The van der Waals surface area contributed by atoms with Gasteiger partial charge < -0.3 is 9.88 Å². The molecule has 1 N–H and O–H groups in total. The minimum atomic E-state index is 0.328. The van der Waals surface area contributed by atoms with Crippen molar-refractivity contribution in [3.05, 3.63) is 53.6 Å². The molecule has 0 fully saturated rings. The number of benzene rings is 1. The maximum Gasteiger partial charge on any atom is 0.125 e. The van der Waals surface area contributed by atoms with E-state index in [1.165, 1.54) is 11.1 Å². The first-order valence-corrected chi connectivity index (χ1v) is 7.47. The highest BCUT2D eigenvalue weighted by atomic mass is 15.1. The van der Waals surface area contributed by atoms with Gasteiger partial charge in [-0.25, -0.2) is 4.98 Å². The Hall–Kier alpha value is -1.61. The topological polar surface area (TPSA) is 29.9 Å². The lowest BCUT2D eigenvalue weighted by Crippen LogP contribution is -2.25. The summed E-state index contributed by atoms with van der Waals surface area (Å²) in [5, 5.41) is 3.62. The van der Waals surface area contributed by atoms with Gasteiger partial charge >= 0.3 is 0 Å². The molecule has 108 valence electrons. The molecule has 0 amide bonds. The van der Waals surface area contributed by atoms with E-state index >= 15 is 0 Å². The molecule has 0 aliphatic rings. The fraction of sp³-hybridized carbons (Fsp3) is 0.471. The van der Waals surface area contributed by atoms with Gasteiger partial charge in [0.25, 0.3) is 0 Å². The van der Waals surface area contributed by atoms with Crippen molar-refractivity contribution in [1.29, 1.82) is 0 Å². The Morgan fingerprint density at radius 1 is 1.30 bits per heavy atom. The van der Waals surface area contributed by atoms with Crippen molar-refractivity contribution in [2.24, 2.45) is 7.05 Å². The highest BCUT2D eigenvalue weighted by molar-refractivity contribution is 5.25. The number of nitrogens with one attached hydrogen (secondary N) is 1. The van der Waals surface area contributed by atoms with Crippen LogP contribution in [0, 0.1) is 6.92 Å². The third-order valence-corrected chi connectivity index (χ3v) is 3.77. The molecule has 2 aromatic rings. The van der Waals surface area contributed by atoms with Crippen LogP contribution in [0.4, 0.5) is 0 Å². The molecule has 1 heterocycles. The number of nitrogens with zero attached hydrogens (tertiary/aromatic N) is 2. The molecule has 2 rings (SSSR count). The Labute approximate surface area is 122 Å². The molecule has 1 unspecified atom stereocenters. The Morgan fingerprint density at radius 2 is 2.10 bits per heavy atom. The van der Waals surface area contributed by atoms with Crippen molar-refractivity contribution in [1.82, 2.24) is 14.9 Å². The van der Waals surface area contributed by atoms with Gasteiger partial charge in [-0.2, -0.15) is 0 Å². The SMILES string of the molecule is CCCNC(CCc1ccccc1C)c1nccn1C. The van der Waals surface area contributed by atoms with E-state index in [9.17, 15) is 0 Å². The van der Waals surface area contributed by atoms with E-state index in [0.29, 0.717) is 6.04 Å². The van der Waals surface area contributed by atoms with Gasteiger partial charge in [-0.3, -0.25) is 0 Å². The molecule has 0 spiro atoms. The fourth-order valence-corrected chi connectivity index (χ4v) is 2.54. The second-order valence-corrected chi connectivity index (χ2v) is 5.37. The monoisotopic (exact) mass is 271 g/mol. The highest BCUT2D eigenvalue weighted by Gasteiger charge is 2.15. The Bertz CT molecular complexity index is 531. The Balaban J connectivity index is 2.05. The van der Waals surface area contributed by atoms with E-state index in [1.807, 2.05) is 12.4 Å². The average molecular weight is 271 g/mol. The molecule has 0 saturated heterocycles. The van der Waals surface area contributed by atoms with Crippen LogP contribution in [0.5, 0.6) is 0 Å². The number of hydrogen-bond donors (Lipinski definition) is 1. The van der Waals surface area contributed by atoms with E-state index in [-0.39, 0.29) is 0 Å². The summed E-state index contributed by atoms with van der Waals surface area (Å²) in [4.78, 5) is 4.50. The van der Waals surface area contributed by atoms with Gasteiger partial charge in [-0.05, 0) is 43.9 Å². The van der Waals surface area contributed by atoms with Gasteiger partial charge in [0.2, 0.25) is 0 Å². The predicted molar refractivity (Wildman–Crippen MR) is 83.7 cm³/mol. The summed E-state index contributed by atoms with van der Waals surface area (Å²) >= 11 is 0. The van der Waals surface area contributed by atoms with Gasteiger partial charge in [0.15, 0.2) is 0 Å². The third kappa shape index (κ3) is 3.70. The smallest absolute Gasteiger partial charge is 0.125 e. The summed E-state index contributed by atoms with van der Waals surface area (Å²) in [7, 11) is 2.07. The molecule has 0 radical (unpaired) electrons. The molecular weight excluding hydrogens is 246 g/mol. The molecule has 0 saturated carbocycles. The molecule has 3 nitrogen and oxygen atoms in total. The molecule has 3 heteroatoms. The van der Waals surface area contributed by atoms with Crippen LogP contribution in [0.15, 0.2) is 36.7 Å². The molecule has 20 heavy (non-hydrogen) atoms. The van der Waals surface area contributed by atoms with Gasteiger partial charge in [0.1, 0.15) is 5.82 Å². The first-order chi connectivity index (χ1) is 9.72. The van der Waals surface area contributed by atoms with E-state index in [1.54, 1.807) is 0 Å². The molecule has 1 atom stereocenters. The number of rotatable bonds is 7. The van der Waals surface area contributed by atoms with Crippen LogP contribution in [-0.4, -0.2) is 16.1 Å². The summed E-state index contributed by atoms with van der Waals surface area (Å²) in [6, 6.07) is 8.96. The van der Waals surface area contributed by atoms with Crippen LogP contribution in [0.2, 0.25) is 0 Å². The molecule has 1 aromatic carbocycles. The van der Waals surface area contributed by atoms with Crippen LogP contribution in [0.3, 0.4) is 0 Å². The lowest BCUT2D eigenvalue weighted by atomic mass is 10.0. The first kappa shape index (κ1) is 14.8. The molecule has 0 aliphatic carbocycles. The maximum atomic E-state index is 4.50. The van der Waals surface area contributed by atoms with Crippen LogP contribution in [0.25, 0.3) is 0 Å². The standard InChI is InChI=1S/C17H25N3/c1-4-11-18-16(17-19-12-13-20(17)3)10-9-15-8-6-5-7-14(15)2/h5-8,12-13,16,18H,4,9-11H2,1-3H3. The fourth-order valence-electron chi connectivity index (χ4n) is 2.54. The third-order valence-electron chi connectivity index (χ3n) is 3.77.